The highest BCUT2D eigenvalue weighted by molar-refractivity contribution is 9.10. The molecule has 3 heteroatoms. The summed E-state index contributed by atoms with van der Waals surface area (Å²) in [6, 6.07) is 9.28. The highest BCUT2D eigenvalue weighted by Gasteiger charge is 2.23. The van der Waals surface area contributed by atoms with Gasteiger partial charge in [-0.15, -0.1) is 11.8 Å². The summed E-state index contributed by atoms with van der Waals surface area (Å²) in [5, 5.41) is 4.41. The van der Waals surface area contributed by atoms with Gasteiger partial charge in [-0.1, -0.05) is 44.7 Å². The molecule has 0 heterocycles. The summed E-state index contributed by atoms with van der Waals surface area (Å²) < 4.78 is 1.23. The fourth-order valence-corrected chi connectivity index (χ4v) is 4.70. The van der Waals surface area contributed by atoms with Crippen LogP contribution in [0.25, 0.3) is 0 Å². The van der Waals surface area contributed by atoms with Crippen molar-refractivity contribution in [3.05, 3.63) is 28.7 Å². The molecule has 1 aliphatic rings. The van der Waals surface area contributed by atoms with Gasteiger partial charge in [0.15, 0.2) is 0 Å². The Kier molecular flexibility index (Phi) is 6.75. The molecule has 0 aliphatic heterocycles. The summed E-state index contributed by atoms with van der Waals surface area (Å²) >= 11 is 5.73. The largest absolute Gasteiger partial charge is 0.313 e. The minimum atomic E-state index is 0.669. The molecule has 19 heavy (non-hydrogen) atoms. The van der Waals surface area contributed by atoms with Crippen molar-refractivity contribution in [1.29, 1.82) is 0 Å². The quantitative estimate of drug-likeness (QED) is 0.803. The van der Waals surface area contributed by atoms with E-state index in [4.69, 9.17) is 0 Å². The molecule has 2 unspecified atom stereocenters. The lowest BCUT2D eigenvalue weighted by atomic mass is 9.96. The molecule has 1 fully saturated rings. The van der Waals surface area contributed by atoms with Gasteiger partial charge in [0.1, 0.15) is 0 Å². The zero-order valence-electron chi connectivity index (χ0n) is 11.7. The van der Waals surface area contributed by atoms with Gasteiger partial charge >= 0.3 is 0 Å². The number of halogens is 1. The molecule has 1 aromatic rings. The summed E-state index contributed by atoms with van der Waals surface area (Å²) in [5.41, 5.74) is 0. The van der Waals surface area contributed by atoms with Crippen LogP contribution in [0.3, 0.4) is 0 Å². The molecule has 106 valence electrons. The first kappa shape index (κ1) is 15.4. The second kappa shape index (κ2) is 8.33. The van der Waals surface area contributed by atoms with Crippen molar-refractivity contribution in [3.63, 3.8) is 0 Å². The number of thioether (sulfide) groups is 1. The molecule has 1 nitrogen and oxygen atoms in total. The van der Waals surface area contributed by atoms with Crippen LogP contribution in [0.15, 0.2) is 33.6 Å². The molecule has 1 aromatic carbocycles. The number of nitrogens with one attached hydrogen (secondary N) is 1. The third kappa shape index (κ3) is 4.80. The van der Waals surface area contributed by atoms with Crippen molar-refractivity contribution in [2.75, 3.05) is 6.54 Å². The average molecular weight is 342 g/mol. The summed E-state index contributed by atoms with van der Waals surface area (Å²) in [5.74, 6) is 0. The molecule has 2 atom stereocenters. The molecule has 0 amide bonds. The summed E-state index contributed by atoms with van der Waals surface area (Å²) in [7, 11) is 0. The summed E-state index contributed by atoms with van der Waals surface area (Å²) in [6.45, 7) is 3.30. The lowest BCUT2D eigenvalue weighted by Crippen LogP contribution is -2.38. The third-order valence-electron chi connectivity index (χ3n) is 3.78. The van der Waals surface area contributed by atoms with E-state index < -0.39 is 0 Å². The van der Waals surface area contributed by atoms with Crippen LogP contribution >= 0.6 is 27.7 Å². The lowest BCUT2D eigenvalue weighted by Gasteiger charge is -2.29. The monoisotopic (exact) mass is 341 g/mol. The Hall–Kier alpha value is 0.01000. The van der Waals surface area contributed by atoms with Gasteiger partial charge < -0.3 is 5.32 Å². The van der Waals surface area contributed by atoms with Crippen LogP contribution < -0.4 is 5.32 Å². The minimum absolute atomic E-state index is 0.669. The average Bonchev–Trinajstić information content (AvgIpc) is 2.39. The SMILES string of the molecule is CCNC1CCCCCCC1Sc1ccccc1Br. The van der Waals surface area contributed by atoms with Crippen LogP contribution in [-0.2, 0) is 0 Å². The Morgan fingerprint density at radius 2 is 1.89 bits per heavy atom. The number of hydrogen-bond donors (Lipinski definition) is 1. The van der Waals surface area contributed by atoms with Crippen LogP contribution in [0.4, 0.5) is 0 Å². The van der Waals surface area contributed by atoms with E-state index in [1.54, 1.807) is 0 Å². The molecule has 0 spiro atoms. The molecule has 0 radical (unpaired) electrons. The molecule has 1 N–H and O–H groups in total. The molecule has 0 aromatic heterocycles. The van der Waals surface area contributed by atoms with E-state index in [9.17, 15) is 0 Å². The summed E-state index contributed by atoms with van der Waals surface area (Å²) in [6.07, 6.45) is 8.24. The van der Waals surface area contributed by atoms with Crippen molar-refractivity contribution < 1.29 is 0 Å². The van der Waals surface area contributed by atoms with E-state index in [0.717, 1.165) is 6.54 Å². The first-order valence-electron chi connectivity index (χ1n) is 7.46. The highest BCUT2D eigenvalue weighted by Crippen LogP contribution is 2.36. The number of benzene rings is 1. The van der Waals surface area contributed by atoms with Gasteiger partial charge in [0, 0.05) is 20.7 Å². The first-order chi connectivity index (χ1) is 9.31. The van der Waals surface area contributed by atoms with Gasteiger partial charge in [-0.2, -0.15) is 0 Å². The molecule has 2 rings (SSSR count). The van der Waals surface area contributed by atoms with Crippen LogP contribution in [0.2, 0.25) is 0 Å². The van der Waals surface area contributed by atoms with E-state index in [2.05, 4.69) is 64.2 Å². The van der Waals surface area contributed by atoms with Crippen LogP contribution in [-0.4, -0.2) is 17.8 Å². The predicted octanol–water partition coefficient (Wildman–Crippen LogP) is 5.24. The Balaban J connectivity index is 2.06. The van der Waals surface area contributed by atoms with Crippen molar-refractivity contribution >= 4 is 27.7 Å². The van der Waals surface area contributed by atoms with Gasteiger partial charge in [-0.3, -0.25) is 0 Å². The minimum Gasteiger partial charge on any atom is -0.313 e. The maximum atomic E-state index is 3.71. The Bertz CT molecular complexity index is 383. The van der Waals surface area contributed by atoms with Crippen molar-refractivity contribution in [3.8, 4) is 0 Å². The van der Waals surface area contributed by atoms with Crippen molar-refractivity contribution in [1.82, 2.24) is 5.32 Å². The molecule has 0 saturated heterocycles. The van der Waals surface area contributed by atoms with E-state index in [1.807, 2.05) is 0 Å². The third-order valence-corrected chi connectivity index (χ3v) is 6.21. The molecular weight excluding hydrogens is 318 g/mol. The van der Waals surface area contributed by atoms with E-state index in [0.29, 0.717) is 11.3 Å². The van der Waals surface area contributed by atoms with E-state index in [-0.39, 0.29) is 0 Å². The van der Waals surface area contributed by atoms with Crippen LogP contribution in [0.1, 0.15) is 45.4 Å². The molecular formula is C16H24BrNS. The Labute approximate surface area is 130 Å². The Morgan fingerprint density at radius 3 is 2.63 bits per heavy atom. The standard InChI is InChI=1S/C16H24BrNS/c1-2-18-14-10-5-3-4-6-12-16(14)19-15-11-8-7-9-13(15)17/h7-9,11,14,16,18H,2-6,10,12H2,1H3. The summed E-state index contributed by atoms with van der Waals surface area (Å²) in [4.78, 5) is 1.39. The first-order valence-corrected chi connectivity index (χ1v) is 9.13. The Morgan fingerprint density at radius 1 is 1.16 bits per heavy atom. The molecule has 1 aliphatic carbocycles. The normalized spacial score (nSPS) is 24.7. The maximum Gasteiger partial charge on any atom is 0.0311 e. The molecule has 1 saturated carbocycles. The van der Waals surface area contributed by atoms with Gasteiger partial charge in [-0.05, 0) is 47.4 Å². The van der Waals surface area contributed by atoms with Gasteiger partial charge in [-0.25, -0.2) is 0 Å². The van der Waals surface area contributed by atoms with Crippen LogP contribution in [0.5, 0.6) is 0 Å². The van der Waals surface area contributed by atoms with E-state index in [1.165, 1.54) is 47.9 Å². The fourth-order valence-electron chi connectivity index (χ4n) is 2.79. The number of rotatable bonds is 4. The van der Waals surface area contributed by atoms with Gasteiger partial charge in [0.25, 0.3) is 0 Å². The van der Waals surface area contributed by atoms with E-state index >= 15 is 0 Å². The second-order valence-corrected chi connectivity index (χ2v) is 7.38. The zero-order chi connectivity index (χ0) is 13.5. The number of hydrogen-bond acceptors (Lipinski definition) is 2. The van der Waals surface area contributed by atoms with Crippen molar-refractivity contribution in [2.24, 2.45) is 0 Å². The van der Waals surface area contributed by atoms with Gasteiger partial charge in [0.2, 0.25) is 0 Å². The lowest BCUT2D eigenvalue weighted by molar-refractivity contribution is 0.406. The highest BCUT2D eigenvalue weighted by atomic mass is 79.9. The van der Waals surface area contributed by atoms with Crippen molar-refractivity contribution in [2.45, 2.75) is 61.6 Å². The molecule has 0 bridgehead atoms. The smallest absolute Gasteiger partial charge is 0.0311 e. The zero-order valence-corrected chi connectivity index (χ0v) is 14.1. The second-order valence-electron chi connectivity index (χ2n) is 5.24. The topological polar surface area (TPSA) is 12.0 Å². The fraction of sp³-hybridized carbons (Fsp3) is 0.625. The van der Waals surface area contributed by atoms with Gasteiger partial charge in [0.05, 0.1) is 0 Å². The predicted molar refractivity (Wildman–Crippen MR) is 89.0 cm³/mol. The maximum absolute atomic E-state index is 3.71. The van der Waals surface area contributed by atoms with Crippen LogP contribution in [0, 0.1) is 0 Å².